The molecule has 1 fully saturated rings. The van der Waals surface area contributed by atoms with E-state index in [1.807, 2.05) is 11.8 Å². The fraction of sp³-hybridized carbons (Fsp3) is 0.917. The Hall–Kier alpha value is -0.570. The van der Waals surface area contributed by atoms with Gasteiger partial charge < -0.3 is 10.6 Å². The summed E-state index contributed by atoms with van der Waals surface area (Å²) in [5, 5.41) is 0. The zero-order chi connectivity index (χ0) is 11.3. The predicted molar refractivity (Wildman–Crippen MR) is 62.5 cm³/mol. The van der Waals surface area contributed by atoms with Crippen molar-refractivity contribution >= 4 is 5.91 Å². The number of carbonyl (C=O) groups excluding carboxylic acids is 1. The summed E-state index contributed by atoms with van der Waals surface area (Å²) in [6.45, 7) is 5.87. The standard InChI is InChI=1S/C12H24N2O/c1-3-8-14(4-2)12(15)9-10-6-5-7-11(10)13/h10-11H,3-9,13H2,1-2H3/t10-,11+/m0/s1. The molecule has 0 bridgehead atoms. The number of carbonyl (C=O) groups is 1. The Kier molecular flexibility index (Phi) is 5.09. The second kappa shape index (κ2) is 6.11. The molecule has 2 atom stereocenters. The highest BCUT2D eigenvalue weighted by molar-refractivity contribution is 5.76. The van der Waals surface area contributed by atoms with Crippen molar-refractivity contribution in [3.63, 3.8) is 0 Å². The summed E-state index contributed by atoms with van der Waals surface area (Å²) in [5.74, 6) is 0.727. The molecule has 0 aliphatic heterocycles. The third kappa shape index (κ3) is 3.49. The van der Waals surface area contributed by atoms with E-state index in [0.29, 0.717) is 18.2 Å². The molecular weight excluding hydrogens is 188 g/mol. The first-order valence-electron chi connectivity index (χ1n) is 6.22. The van der Waals surface area contributed by atoms with Crippen LogP contribution in [-0.4, -0.2) is 29.9 Å². The van der Waals surface area contributed by atoms with Crippen molar-refractivity contribution in [2.24, 2.45) is 11.7 Å². The number of hydrogen-bond acceptors (Lipinski definition) is 2. The molecule has 1 aliphatic carbocycles. The smallest absolute Gasteiger partial charge is 0.222 e. The van der Waals surface area contributed by atoms with E-state index in [1.165, 1.54) is 6.42 Å². The van der Waals surface area contributed by atoms with Crippen LogP contribution in [0.3, 0.4) is 0 Å². The molecular formula is C12H24N2O. The van der Waals surface area contributed by atoms with E-state index in [1.54, 1.807) is 0 Å². The molecule has 1 aliphatic rings. The van der Waals surface area contributed by atoms with Gasteiger partial charge in [-0.05, 0) is 32.1 Å². The van der Waals surface area contributed by atoms with Gasteiger partial charge in [0.15, 0.2) is 0 Å². The van der Waals surface area contributed by atoms with Crippen LogP contribution in [0.1, 0.15) is 46.0 Å². The second-order valence-electron chi connectivity index (χ2n) is 4.53. The molecule has 0 aromatic rings. The van der Waals surface area contributed by atoms with Crippen LogP contribution in [0.25, 0.3) is 0 Å². The van der Waals surface area contributed by atoms with Crippen molar-refractivity contribution < 1.29 is 4.79 Å². The van der Waals surface area contributed by atoms with Gasteiger partial charge >= 0.3 is 0 Å². The summed E-state index contributed by atoms with van der Waals surface area (Å²) in [5.41, 5.74) is 5.97. The van der Waals surface area contributed by atoms with Crippen LogP contribution in [0.15, 0.2) is 0 Å². The van der Waals surface area contributed by atoms with Gasteiger partial charge in [0.25, 0.3) is 0 Å². The van der Waals surface area contributed by atoms with Crippen molar-refractivity contribution in [3.8, 4) is 0 Å². The van der Waals surface area contributed by atoms with Gasteiger partial charge in [0.1, 0.15) is 0 Å². The maximum atomic E-state index is 11.9. The Morgan fingerprint density at radius 3 is 2.60 bits per heavy atom. The molecule has 0 saturated heterocycles. The van der Waals surface area contributed by atoms with Crippen molar-refractivity contribution in [2.75, 3.05) is 13.1 Å². The van der Waals surface area contributed by atoms with Crippen molar-refractivity contribution in [1.29, 1.82) is 0 Å². The third-order valence-corrected chi connectivity index (χ3v) is 3.38. The van der Waals surface area contributed by atoms with E-state index in [9.17, 15) is 4.79 Å². The molecule has 1 saturated carbocycles. The van der Waals surface area contributed by atoms with Gasteiger partial charge in [0, 0.05) is 25.6 Å². The largest absolute Gasteiger partial charge is 0.343 e. The third-order valence-electron chi connectivity index (χ3n) is 3.38. The lowest BCUT2D eigenvalue weighted by atomic mass is 9.99. The highest BCUT2D eigenvalue weighted by Crippen LogP contribution is 2.27. The topological polar surface area (TPSA) is 46.3 Å². The summed E-state index contributed by atoms with van der Waals surface area (Å²) in [7, 11) is 0. The first-order chi connectivity index (χ1) is 7.19. The van der Waals surface area contributed by atoms with Crippen molar-refractivity contribution in [1.82, 2.24) is 4.90 Å². The number of rotatable bonds is 5. The van der Waals surface area contributed by atoms with E-state index in [0.717, 1.165) is 32.4 Å². The maximum absolute atomic E-state index is 11.9. The molecule has 88 valence electrons. The molecule has 0 aromatic heterocycles. The average Bonchev–Trinajstić information content (AvgIpc) is 2.60. The molecule has 0 heterocycles. The van der Waals surface area contributed by atoms with E-state index in [2.05, 4.69) is 6.92 Å². The minimum absolute atomic E-state index is 0.259. The lowest BCUT2D eigenvalue weighted by Crippen LogP contribution is -2.35. The van der Waals surface area contributed by atoms with E-state index in [-0.39, 0.29) is 6.04 Å². The number of nitrogens with zero attached hydrogens (tertiary/aromatic N) is 1. The van der Waals surface area contributed by atoms with Crippen LogP contribution < -0.4 is 5.73 Å². The fourth-order valence-corrected chi connectivity index (χ4v) is 2.40. The minimum atomic E-state index is 0.259. The number of hydrogen-bond donors (Lipinski definition) is 1. The predicted octanol–water partition coefficient (Wildman–Crippen LogP) is 1.76. The zero-order valence-electron chi connectivity index (χ0n) is 10.0. The summed E-state index contributed by atoms with van der Waals surface area (Å²) in [6, 6.07) is 0.259. The first kappa shape index (κ1) is 12.5. The van der Waals surface area contributed by atoms with E-state index in [4.69, 9.17) is 5.73 Å². The van der Waals surface area contributed by atoms with Crippen LogP contribution in [0.5, 0.6) is 0 Å². The second-order valence-corrected chi connectivity index (χ2v) is 4.53. The highest BCUT2D eigenvalue weighted by atomic mass is 16.2. The number of amides is 1. The van der Waals surface area contributed by atoms with E-state index < -0.39 is 0 Å². The van der Waals surface area contributed by atoms with Gasteiger partial charge in [0.05, 0.1) is 0 Å². The lowest BCUT2D eigenvalue weighted by Gasteiger charge is -2.23. The van der Waals surface area contributed by atoms with Crippen LogP contribution in [0.2, 0.25) is 0 Å². The van der Waals surface area contributed by atoms with Gasteiger partial charge in [0.2, 0.25) is 5.91 Å². The van der Waals surface area contributed by atoms with Gasteiger partial charge in [-0.2, -0.15) is 0 Å². The van der Waals surface area contributed by atoms with Gasteiger partial charge in [-0.25, -0.2) is 0 Å². The van der Waals surface area contributed by atoms with Gasteiger partial charge in [-0.1, -0.05) is 13.3 Å². The van der Waals surface area contributed by atoms with Crippen LogP contribution in [-0.2, 0) is 4.79 Å². The molecule has 1 amide bonds. The number of nitrogens with two attached hydrogens (primary N) is 1. The molecule has 3 nitrogen and oxygen atoms in total. The average molecular weight is 212 g/mol. The zero-order valence-corrected chi connectivity index (χ0v) is 10.0. The van der Waals surface area contributed by atoms with Crippen LogP contribution >= 0.6 is 0 Å². The normalized spacial score (nSPS) is 25.5. The summed E-state index contributed by atoms with van der Waals surface area (Å²) >= 11 is 0. The SMILES string of the molecule is CCCN(CC)C(=O)C[C@@H]1CCC[C@H]1N. The Morgan fingerprint density at radius 1 is 1.40 bits per heavy atom. The van der Waals surface area contributed by atoms with Crippen LogP contribution in [0, 0.1) is 5.92 Å². The minimum Gasteiger partial charge on any atom is -0.343 e. The van der Waals surface area contributed by atoms with Gasteiger partial charge in [-0.3, -0.25) is 4.79 Å². The van der Waals surface area contributed by atoms with E-state index >= 15 is 0 Å². The molecule has 3 heteroatoms. The summed E-state index contributed by atoms with van der Waals surface area (Å²) in [6.07, 6.45) is 5.12. The molecule has 15 heavy (non-hydrogen) atoms. The fourth-order valence-electron chi connectivity index (χ4n) is 2.40. The molecule has 1 rings (SSSR count). The molecule has 0 aromatic carbocycles. The van der Waals surface area contributed by atoms with Crippen molar-refractivity contribution in [2.45, 2.75) is 52.0 Å². The lowest BCUT2D eigenvalue weighted by molar-refractivity contribution is -0.132. The van der Waals surface area contributed by atoms with Gasteiger partial charge in [-0.15, -0.1) is 0 Å². The molecule has 0 radical (unpaired) electrons. The van der Waals surface area contributed by atoms with Crippen LogP contribution in [0.4, 0.5) is 0 Å². The monoisotopic (exact) mass is 212 g/mol. The van der Waals surface area contributed by atoms with Crippen molar-refractivity contribution in [3.05, 3.63) is 0 Å². The summed E-state index contributed by atoms with van der Waals surface area (Å²) in [4.78, 5) is 13.9. The molecule has 0 spiro atoms. The highest BCUT2D eigenvalue weighted by Gasteiger charge is 2.27. The Balaban J connectivity index is 2.38. The Morgan fingerprint density at radius 2 is 2.13 bits per heavy atom. The first-order valence-corrected chi connectivity index (χ1v) is 6.22. The molecule has 0 unspecified atom stereocenters. The quantitative estimate of drug-likeness (QED) is 0.755. The maximum Gasteiger partial charge on any atom is 0.222 e. The Labute approximate surface area is 93.0 Å². The Bertz CT molecular complexity index is 206. The summed E-state index contributed by atoms with van der Waals surface area (Å²) < 4.78 is 0. The molecule has 2 N–H and O–H groups in total.